The molecule has 278 valence electrons. The van der Waals surface area contributed by atoms with Crippen molar-refractivity contribution in [3.63, 3.8) is 0 Å². The number of aliphatic hydroxyl groups is 1. The Kier molecular flexibility index (Phi) is 19.5. The molecule has 17 N–H and O–H groups in total. The standard InChI is InChI=1S/C28H51N11O10/c1-12(2)10-18(25(46)37-17(27(48)49)7-8-19(30)41)38-26(47)21(14(4)40)39-22(43)13(3)35-24(45)16(6-5-9-34-28(32)33)36-23(44)15(29)11-20(31)42/h12-18,21,40H,5-11,29H2,1-4H3,(H2,30,41)(H2,31,42)(H,35,45)(H,36,44)(H,37,46)(H,38,47)(H,39,43)(H,48,49)(H4,32,33,34)/t13-,14+,15-,16-,17-,18-,21-/m0/s1. The Labute approximate surface area is 283 Å². The zero-order valence-electron chi connectivity index (χ0n) is 28.1. The number of aliphatic hydroxyl groups excluding tert-OH is 1. The largest absolute Gasteiger partial charge is 0.480 e. The lowest BCUT2D eigenvalue weighted by atomic mass is 10.0. The molecule has 0 spiro atoms. The number of hydrogen-bond acceptors (Lipinski definition) is 11. The second-order valence-electron chi connectivity index (χ2n) is 11.8. The van der Waals surface area contributed by atoms with Gasteiger partial charge in [0.15, 0.2) is 5.96 Å². The lowest BCUT2D eigenvalue weighted by Crippen LogP contribution is -2.61. The normalized spacial score (nSPS) is 15.2. The molecule has 0 rings (SSSR count). The number of nitrogens with zero attached hydrogens (tertiary/aromatic N) is 1. The maximum Gasteiger partial charge on any atom is 0.326 e. The summed E-state index contributed by atoms with van der Waals surface area (Å²) in [5.74, 6) is -7.98. The Balaban J connectivity index is 5.76. The highest BCUT2D eigenvalue weighted by molar-refractivity contribution is 5.96. The number of carbonyl (C=O) groups is 8. The first-order valence-corrected chi connectivity index (χ1v) is 15.5. The van der Waals surface area contributed by atoms with Gasteiger partial charge in [0.05, 0.1) is 18.6 Å². The van der Waals surface area contributed by atoms with Crippen molar-refractivity contribution < 1.29 is 48.6 Å². The van der Waals surface area contributed by atoms with E-state index >= 15 is 0 Å². The van der Waals surface area contributed by atoms with Gasteiger partial charge in [0, 0.05) is 13.0 Å². The number of carboxylic acids is 1. The van der Waals surface area contributed by atoms with E-state index < -0.39 is 96.1 Å². The maximum atomic E-state index is 13.2. The highest BCUT2D eigenvalue weighted by Crippen LogP contribution is 2.09. The monoisotopic (exact) mass is 701 g/mol. The number of aliphatic carboxylic acids is 1. The van der Waals surface area contributed by atoms with Gasteiger partial charge in [0.2, 0.25) is 41.4 Å². The number of rotatable bonds is 23. The summed E-state index contributed by atoms with van der Waals surface area (Å²) < 4.78 is 0. The summed E-state index contributed by atoms with van der Waals surface area (Å²) >= 11 is 0. The predicted octanol–water partition coefficient (Wildman–Crippen LogP) is -5.54. The van der Waals surface area contributed by atoms with E-state index in [2.05, 4.69) is 31.6 Å². The minimum absolute atomic E-state index is 0.0186. The summed E-state index contributed by atoms with van der Waals surface area (Å²) in [5, 5.41) is 31.5. The van der Waals surface area contributed by atoms with Crippen LogP contribution in [0.25, 0.3) is 0 Å². The van der Waals surface area contributed by atoms with E-state index in [0.717, 1.165) is 0 Å². The van der Waals surface area contributed by atoms with Crippen molar-refractivity contribution in [1.82, 2.24) is 26.6 Å². The zero-order valence-corrected chi connectivity index (χ0v) is 28.1. The first kappa shape index (κ1) is 43.9. The number of amides is 7. The average Bonchev–Trinajstić information content (AvgIpc) is 2.97. The minimum Gasteiger partial charge on any atom is -0.480 e. The number of aliphatic imine (C=N–C) groups is 1. The van der Waals surface area contributed by atoms with Crippen molar-refractivity contribution in [3.8, 4) is 0 Å². The molecular weight excluding hydrogens is 650 g/mol. The van der Waals surface area contributed by atoms with Crippen LogP contribution in [0, 0.1) is 5.92 Å². The number of hydrogen-bond donors (Lipinski definition) is 12. The molecule has 0 aliphatic carbocycles. The van der Waals surface area contributed by atoms with Gasteiger partial charge in [0.25, 0.3) is 0 Å². The molecule has 0 aromatic heterocycles. The molecule has 0 heterocycles. The third-order valence-electron chi connectivity index (χ3n) is 6.78. The van der Waals surface area contributed by atoms with Crippen molar-refractivity contribution in [3.05, 3.63) is 0 Å². The minimum atomic E-state index is -1.64. The first-order valence-electron chi connectivity index (χ1n) is 15.5. The Bertz CT molecular complexity index is 1220. The molecule has 21 heteroatoms. The third-order valence-corrected chi connectivity index (χ3v) is 6.78. The van der Waals surface area contributed by atoms with E-state index in [0.29, 0.717) is 0 Å². The fourth-order valence-electron chi connectivity index (χ4n) is 4.20. The van der Waals surface area contributed by atoms with Gasteiger partial charge in [-0.1, -0.05) is 13.8 Å². The van der Waals surface area contributed by atoms with Gasteiger partial charge in [-0.3, -0.25) is 38.6 Å². The molecule has 7 amide bonds. The first-order chi connectivity index (χ1) is 22.7. The topological polar surface area (TPSA) is 380 Å². The predicted molar refractivity (Wildman–Crippen MR) is 174 cm³/mol. The van der Waals surface area contributed by atoms with Gasteiger partial charge in [-0.05, 0) is 45.4 Å². The summed E-state index contributed by atoms with van der Waals surface area (Å²) in [4.78, 5) is 103. The van der Waals surface area contributed by atoms with Crippen LogP contribution in [-0.2, 0) is 38.4 Å². The Hall–Kier alpha value is -5.05. The number of carbonyl (C=O) groups excluding carboxylic acids is 7. The van der Waals surface area contributed by atoms with Crippen molar-refractivity contribution in [2.24, 2.45) is 39.6 Å². The van der Waals surface area contributed by atoms with Crippen LogP contribution in [0.2, 0.25) is 0 Å². The van der Waals surface area contributed by atoms with E-state index in [1.165, 1.54) is 13.8 Å². The molecule has 0 aromatic rings. The number of nitrogens with one attached hydrogen (secondary N) is 5. The fraction of sp³-hybridized carbons (Fsp3) is 0.679. The number of nitrogens with two attached hydrogens (primary N) is 5. The van der Waals surface area contributed by atoms with E-state index in [4.69, 9.17) is 28.7 Å². The molecule has 0 unspecified atom stereocenters. The quantitative estimate of drug-likeness (QED) is 0.0269. The second-order valence-corrected chi connectivity index (χ2v) is 11.8. The molecule has 0 saturated carbocycles. The van der Waals surface area contributed by atoms with Crippen molar-refractivity contribution >= 4 is 53.3 Å². The summed E-state index contributed by atoms with van der Waals surface area (Å²) in [6.07, 6.45) is -2.40. The van der Waals surface area contributed by atoms with Crippen LogP contribution in [0.5, 0.6) is 0 Å². The van der Waals surface area contributed by atoms with Crippen molar-refractivity contribution in [2.75, 3.05) is 6.54 Å². The van der Waals surface area contributed by atoms with Gasteiger partial charge in [-0.2, -0.15) is 0 Å². The molecular formula is C28H51N11O10. The smallest absolute Gasteiger partial charge is 0.326 e. The van der Waals surface area contributed by atoms with Gasteiger partial charge >= 0.3 is 5.97 Å². The molecule has 21 nitrogen and oxygen atoms in total. The molecule has 0 bridgehead atoms. The molecule has 7 atom stereocenters. The van der Waals surface area contributed by atoms with Crippen LogP contribution >= 0.6 is 0 Å². The van der Waals surface area contributed by atoms with Crippen molar-refractivity contribution in [2.45, 2.75) is 109 Å². The van der Waals surface area contributed by atoms with Gasteiger partial charge in [-0.15, -0.1) is 0 Å². The van der Waals surface area contributed by atoms with Crippen molar-refractivity contribution in [1.29, 1.82) is 0 Å². The summed E-state index contributed by atoms with van der Waals surface area (Å²) in [5.41, 5.74) is 26.4. The Morgan fingerprint density at radius 1 is 0.673 bits per heavy atom. The van der Waals surface area contributed by atoms with Gasteiger partial charge in [0.1, 0.15) is 30.2 Å². The number of primary amides is 2. The second kappa shape index (κ2) is 21.8. The third kappa shape index (κ3) is 18.2. The fourth-order valence-corrected chi connectivity index (χ4v) is 4.20. The van der Waals surface area contributed by atoms with E-state index in [-0.39, 0.29) is 50.5 Å². The summed E-state index contributed by atoms with van der Waals surface area (Å²) in [7, 11) is 0. The highest BCUT2D eigenvalue weighted by Gasteiger charge is 2.34. The van der Waals surface area contributed by atoms with Crippen LogP contribution in [0.1, 0.15) is 66.2 Å². The lowest BCUT2D eigenvalue weighted by Gasteiger charge is -2.27. The van der Waals surface area contributed by atoms with Gasteiger partial charge < -0.3 is 65.5 Å². The maximum absolute atomic E-state index is 13.2. The lowest BCUT2D eigenvalue weighted by molar-refractivity contribution is -0.143. The average molecular weight is 702 g/mol. The zero-order chi connectivity index (χ0) is 38.0. The SMILES string of the molecule is CC(C)C[C@H](NC(=O)[C@@H](NC(=O)[C@H](C)NC(=O)[C@H](CCCN=C(N)N)NC(=O)[C@@H](N)CC(N)=O)[C@@H](C)O)C(=O)N[C@@H](CCC(N)=O)C(=O)O. The molecule has 0 aliphatic heterocycles. The molecule has 0 saturated heterocycles. The van der Waals surface area contributed by atoms with Crippen LogP contribution in [0.3, 0.4) is 0 Å². The molecule has 0 aromatic carbocycles. The van der Waals surface area contributed by atoms with Crippen LogP contribution in [-0.4, -0.2) is 112 Å². The summed E-state index contributed by atoms with van der Waals surface area (Å²) in [6, 6.07) is -8.39. The van der Waals surface area contributed by atoms with Crippen LogP contribution in [0.15, 0.2) is 4.99 Å². The van der Waals surface area contributed by atoms with Gasteiger partial charge in [-0.25, -0.2) is 4.79 Å². The molecule has 49 heavy (non-hydrogen) atoms. The highest BCUT2D eigenvalue weighted by atomic mass is 16.4. The number of carboxylic acid groups (broad SMARTS) is 1. The molecule has 0 radical (unpaired) electrons. The summed E-state index contributed by atoms with van der Waals surface area (Å²) in [6.45, 7) is 6.00. The molecule has 0 fully saturated rings. The van der Waals surface area contributed by atoms with E-state index in [1.807, 2.05) is 0 Å². The Morgan fingerprint density at radius 2 is 1.22 bits per heavy atom. The van der Waals surface area contributed by atoms with E-state index in [1.54, 1.807) is 13.8 Å². The Morgan fingerprint density at radius 3 is 1.71 bits per heavy atom. The molecule has 0 aliphatic rings. The van der Waals surface area contributed by atoms with Crippen LogP contribution < -0.4 is 55.3 Å². The van der Waals surface area contributed by atoms with Crippen LogP contribution in [0.4, 0.5) is 0 Å². The number of guanidine groups is 1. The van der Waals surface area contributed by atoms with E-state index in [9.17, 15) is 48.6 Å².